The van der Waals surface area contributed by atoms with Gasteiger partial charge in [0.2, 0.25) is 11.8 Å². The molecule has 0 spiro atoms. The number of halogens is 1. The Morgan fingerprint density at radius 1 is 1.15 bits per heavy atom. The number of benzene rings is 1. The summed E-state index contributed by atoms with van der Waals surface area (Å²) in [5.74, 6) is 0.0858. The number of hydrogen-bond donors (Lipinski definition) is 1. The second-order valence-electron chi connectivity index (χ2n) is 8.02. The van der Waals surface area contributed by atoms with Crippen LogP contribution in [-0.2, 0) is 4.79 Å². The summed E-state index contributed by atoms with van der Waals surface area (Å²) in [4.78, 5) is 22.4. The molecule has 0 aliphatic carbocycles. The third-order valence-electron chi connectivity index (χ3n) is 5.84. The Morgan fingerprint density at radius 2 is 1.97 bits per heavy atom. The van der Waals surface area contributed by atoms with Crippen molar-refractivity contribution in [1.82, 2.24) is 24.9 Å². The first-order valence-electron chi connectivity index (χ1n) is 10.7. The van der Waals surface area contributed by atoms with E-state index < -0.39 is 11.9 Å². The fourth-order valence-corrected chi connectivity index (χ4v) is 3.98. The molecule has 4 aromatic rings. The number of ether oxygens (including phenoxy) is 1. The number of imidazole rings is 1. The van der Waals surface area contributed by atoms with Gasteiger partial charge >= 0.3 is 0 Å². The first-order valence-corrected chi connectivity index (χ1v) is 10.7. The number of nitrogens with one attached hydrogen (secondary N) is 1. The molecule has 0 saturated carbocycles. The Kier molecular flexibility index (Phi) is 5.47. The minimum Gasteiger partial charge on any atom is -0.469 e. The summed E-state index contributed by atoms with van der Waals surface area (Å²) >= 11 is 0. The Bertz CT molecular complexity index is 1310. The molecule has 168 valence electrons. The zero-order valence-corrected chi connectivity index (χ0v) is 18.3. The fraction of sp³-hybridized carbons (Fsp3) is 0.250. The number of likely N-dealkylation sites (N-methyl/N-ethyl adjacent to an activating group) is 1. The third-order valence-corrected chi connectivity index (χ3v) is 5.84. The van der Waals surface area contributed by atoms with Crippen molar-refractivity contribution < 1.29 is 13.9 Å². The highest BCUT2D eigenvalue weighted by Crippen LogP contribution is 2.27. The molecule has 1 fully saturated rings. The van der Waals surface area contributed by atoms with Crippen LogP contribution in [0.5, 0.6) is 5.88 Å². The number of carbonyl (C=O) groups is 1. The molecule has 9 heteroatoms. The predicted molar refractivity (Wildman–Crippen MR) is 121 cm³/mol. The lowest BCUT2D eigenvalue weighted by atomic mass is 10.1. The van der Waals surface area contributed by atoms with Crippen LogP contribution in [0.15, 0.2) is 61.1 Å². The van der Waals surface area contributed by atoms with E-state index in [0.717, 1.165) is 23.1 Å². The van der Waals surface area contributed by atoms with E-state index in [2.05, 4.69) is 20.4 Å². The molecule has 0 radical (unpaired) electrons. The number of pyridine rings is 1. The van der Waals surface area contributed by atoms with E-state index in [4.69, 9.17) is 4.74 Å². The van der Waals surface area contributed by atoms with Crippen molar-refractivity contribution in [2.24, 2.45) is 0 Å². The standard InChI is InChI=1S/C24H23FN6O2/c1-15(17-9-18(25)12-27-11-17)33-23-8-7-22-28-13-21(31(22)29-23)16-3-5-20(6-4-16)30-14-19(26-2)10-24(30)32/h3-9,11-13,15,19,26H,10,14H2,1-2H3/t15?,19-/m0/s1. The summed E-state index contributed by atoms with van der Waals surface area (Å²) in [5, 5.41) is 7.74. The number of fused-ring (bicyclic) bond motifs is 1. The van der Waals surface area contributed by atoms with Gasteiger partial charge in [0.1, 0.15) is 11.9 Å². The summed E-state index contributed by atoms with van der Waals surface area (Å²) in [7, 11) is 1.87. The zero-order valence-electron chi connectivity index (χ0n) is 18.3. The first-order chi connectivity index (χ1) is 16.0. The average molecular weight is 446 g/mol. The molecule has 2 atom stereocenters. The van der Waals surface area contributed by atoms with Crippen molar-refractivity contribution in [3.63, 3.8) is 0 Å². The van der Waals surface area contributed by atoms with Crippen LogP contribution < -0.4 is 15.0 Å². The van der Waals surface area contributed by atoms with Crippen molar-refractivity contribution in [2.45, 2.75) is 25.5 Å². The second-order valence-corrected chi connectivity index (χ2v) is 8.02. The molecule has 1 unspecified atom stereocenters. The molecule has 1 aliphatic rings. The Hall–Kier alpha value is -3.85. The van der Waals surface area contributed by atoms with E-state index in [-0.39, 0.29) is 11.9 Å². The number of aromatic nitrogens is 4. The van der Waals surface area contributed by atoms with E-state index in [0.29, 0.717) is 30.1 Å². The molecule has 5 rings (SSSR count). The lowest BCUT2D eigenvalue weighted by molar-refractivity contribution is -0.117. The zero-order chi connectivity index (χ0) is 22.9. The van der Waals surface area contributed by atoms with Gasteiger partial charge < -0.3 is 15.0 Å². The molecule has 1 N–H and O–H groups in total. The highest BCUT2D eigenvalue weighted by molar-refractivity contribution is 5.96. The summed E-state index contributed by atoms with van der Waals surface area (Å²) in [6.07, 6.45) is 4.55. The van der Waals surface area contributed by atoms with Gasteiger partial charge in [0.25, 0.3) is 0 Å². The van der Waals surface area contributed by atoms with Gasteiger partial charge in [-0.2, -0.15) is 0 Å². The van der Waals surface area contributed by atoms with Crippen LogP contribution in [0.2, 0.25) is 0 Å². The van der Waals surface area contributed by atoms with E-state index >= 15 is 0 Å². The summed E-state index contributed by atoms with van der Waals surface area (Å²) < 4.78 is 21.1. The molecule has 1 amide bonds. The number of anilines is 1. The molecule has 4 heterocycles. The lowest BCUT2D eigenvalue weighted by Gasteiger charge is -2.17. The van der Waals surface area contributed by atoms with Crippen LogP contribution in [0, 0.1) is 5.82 Å². The topological polar surface area (TPSA) is 84.7 Å². The van der Waals surface area contributed by atoms with Gasteiger partial charge in [-0.15, -0.1) is 5.10 Å². The minimum atomic E-state index is -0.427. The van der Waals surface area contributed by atoms with E-state index in [1.807, 2.05) is 44.3 Å². The number of rotatable bonds is 6. The van der Waals surface area contributed by atoms with Crippen molar-refractivity contribution in [3.05, 3.63) is 72.4 Å². The number of hydrogen-bond acceptors (Lipinski definition) is 6. The highest BCUT2D eigenvalue weighted by Gasteiger charge is 2.29. The molecular weight excluding hydrogens is 423 g/mol. The SMILES string of the molecule is CN[C@H]1CC(=O)N(c2ccc(-c3cnc4ccc(OC(C)c5cncc(F)c5)nn34)cc2)C1. The van der Waals surface area contributed by atoms with Crippen molar-refractivity contribution in [3.8, 4) is 17.1 Å². The van der Waals surface area contributed by atoms with Gasteiger partial charge in [-0.1, -0.05) is 12.1 Å². The van der Waals surface area contributed by atoms with E-state index in [9.17, 15) is 9.18 Å². The fourth-order valence-electron chi connectivity index (χ4n) is 3.98. The van der Waals surface area contributed by atoms with Crippen LogP contribution in [-0.4, -0.2) is 45.1 Å². The van der Waals surface area contributed by atoms with Gasteiger partial charge in [0.15, 0.2) is 5.65 Å². The molecule has 3 aromatic heterocycles. The number of nitrogens with zero attached hydrogens (tertiary/aromatic N) is 5. The van der Waals surface area contributed by atoms with Gasteiger partial charge in [-0.05, 0) is 38.2 Å². The Balaban J connectivity index is 1.39. The monoisotopic (exact) mass is 446 g/mol. The molecular formula is C24H23FN6O2. The van der Waals surface area contributed by atoms with Crippen molar-refractivity contribution >= 4 is 17.2 Å². The predicted octanol–water partition coefficient (Wildman–Crippen LogP) is 3.40. The molecule has 8 nitrogen and oxygen atoms in total. The molecule has 1 saturated heterocycles. The van der Waals surface area contributed by atoms with Gasteiger partial charge in [-0.3, -0.25) is 9.78 Å². The van der Waals surface area contributed by atoms with Crippen LogP contribution in [0.3, 0.4) is 0 Å². The number of amides is 1. The minimum absolute atomic E-state index is 0.114. The van der Waals surface area contributed by atoms with Gasteiger partial charge in [0.05, 0.1) is 18.1 Å². The maximum atomic E-state index is 13.5. The highest BCUT2D eigenvalue weighted by atomic mass is 19.1. The molecule has 1 aromatic carbocycles. The molecule has 33 heavy (non-hydrogen) atoms. The lowest BCUT2D eigenvalue weighted by Crippen LogP contribution is -2.30. The maximum absolute atomic E-state index is 13.5. The van der Waals surface area contributed by atoms with E-state index in [1.54, 1.807) is 27.9 Å². The van der Waals surface area contributed by atoms with Crippen LogP contribution in [0.4, 0.5) is 10.1 Å². The Morgan fingerprint density at radius 3 is 2.70 bits per heavy atom. The Labute approximate surface area is 190 Å². The van der Waals surface area contributed by atoms with Crippen LogP contribution >= 0.6 is 0 Å². The van der Waals surface area contributed by atoms with Crippen molar-refractivity contribution in [2.75, 3.05) is 18.5 Å². The first kappa shape index (κ1) is 21.0. The summed E-state index contributed by atoms with van der Waals surface area (Å²) in [5.41, 5.74) is 3.87. The maximum Gasteiger partial charge on any atom is 0.232 e. The molecule has 1 aliphatic heterocycles. The average Bonchev–Trinajstić information content (AvgIpc) is 3.42. The van der Waals surface area contributed by atoms with E-state index in [1.165, 1.54) is 6.07 Å². The summed E-state index contributed by atoms with van der Waals surface area (Å²) in [6.45, 7) is 2.47. The van der Waals surface area contributed by atoms with Crippen LogP contribution in [0.25, 0.3) is 16.9 Å². The normalized spacial score (nSPS) is 17.0. The number of carbonyl (C=O) groups excluding carboxylic acids is 1. The van der Waals surface area contributed by atoms with Crippen LogP contribution in [0.1, 0.15) is 25.0 Å². The van der Waals surface area contributed by atoms with Gasteiger partial charge in [0, 0.05) is 48.1 Å². The third kappa shape index (κ3) is 4.14. The van der Waals surface area contributed by atoms with Crippen molar-refractivity contribution in [1.29, 1.82) is 0 Å². The van der Waals surface area contributed by atoms with Gasteiger partial charge in [-0.25, -0.2) is 13.9 Å². The smallest absolute Gasteiger partial charge is 0.232 e. The second kappa shape index (κ2) is 8.59. The quantitative estimate of drug-likeness (QED) is 0.489. The largest absolute Gasteiger partial charge is 0.469 e. The molecule has 0 bridgehead atoms. The summed E-state index contributed by atoms with van der Waals surface area (Å²) in [6, 6.07) is 12.9.